The molecular formula is C27H39FN3O9PS. The standard InChI is InChI=1S/C27H39FN3O9PS/c1-6-39-41(36,40-7-2)14-15-42(37,38)31(5)27-29-25(18(3)4)23(13-12-21(32)16-22(33)17-24(34)35)26(30-27)19-8-10-20(28)11-9-19/h8-13,18,21-22,32-33H,6-7,14-17H2,1-5H3,(H,34,35)/b13-12+/t21-,22-/m1/s1. The molecule has 0 aliphatic rings. The van der Waals surface area contributed by atoms with Crippen LogP contribution in [-0.2, 0) is 28.4 Å². The Bertz CT molecular complexity index is 1380. The Hall–Kier alpha value is -2.74. The van der Waals surface area contributed by atoms with Crippen molar-refractivity contribution in [3.63, 3.8) is 0 Å². The average Bonchev–Trinajstić information content (AvgIpc) is 2.90. The fourth-order valence-electron chi connectivity index (χ4n) is 3.95. The molecule has 12 nitrogen and oxygen atoms in total. The Labute approximate surface area is 245 Å². The number of nitrogens with zero attached hydrogens (tertiary/aromatic N) is 3. The van der Waals surface area contributed by atoms with Crippen molar-refractivity contribution >= 4 is 35.6 Å². The third-order valence-corrected chi connectivity index (χ3v) is 10.1. The highest BCUT2D eigenvalue weighted by molar-refractivity contribution is 7.93. The summed E-state index contributed by atoms with van der Waals surface area (Å²) < 4.78 is 64.5. The number of carbonyl (C=O) groups is 1. The van der Waals surface area contributed by atoms with E-state index < -0.39 is 53.8 Å². The molecule has 0 unspecified atom stereocenters. The molecule has 2 rings (SSSR count). The highest BCUT2D eigenvalue weighted by atomic mass is 32.2. The summed E-state index contributed by atoms with van der Waals surface area (Å²) >= 11 is 0. The summed E-state index contributed by atoms with van der Waals surface area (Å²) in [6.45, 7) is 7.05. The molecule has 0 spiro atoms. The lowest BCUT2D eigenvalue weighted by Crippen LogP contribution is -2.32. The molecule has 2 atom stereocenters. The Kier molecular flexibility index (Phi) is 13.2. The number of halogens is 1. The molecule has 0 amide bonds. The van der Waals surface area contributed by atoms with Crippen molar-refractivity contribution in [2.24, 2.45) is 0 Å². The molecule has 234 valence electrons. The lowest BCUT2D eigenvalue weighted by molar-refractivity contribution is -0.139. The van der Waals surface area contributed by atoms with E-state index in [-0.39, 0.29) is 43.4 Å². The van der Waals surface area contributed by atoms with Crippen molar-refractivity contribution in [3.05, 3.63) is 47.4 Å². The van der Waals surface area contributed by atoms with Crippen LogP contribution in [0.5, 0.6) is 0 Å². The first-order valence-electron chi connectivity index (χ1n) is 13.4. The van der Waals surface area contributed by atoms with Crippen molar-refractivity contribution in [2.75, 3.05) is 36.5 Å². The van der Waals surface area contributed by atoms with Crippen LogP contribution in [0, 0.1) is 5.82 Å². The zero-order valence-electron chi connectivity index (χ0n) is 24.3. The van der Waals surface area contributed by atoms with Gasteiger partial charge in [0.05, 0.1) is 55.1 Å². The van der Waals surface area contributed by atoms with Gasteiger partial charge in [-0.15, -0.1) is 0 Å². The second kappa shape index (κ2) is 15.6. The largest absolute Gasteiger partial charge is 0.481 e. The Balaban J connectivity index is 2.57. The number of aliphatic hydroxyl groups excluding tert-OH is 2. The predicted octanol–water partition coefficient (Wildman–Crippen LogP) is 4.04. The van der Waals surface area contributed by atoms with E-state index >= 15 is 0 Å². The van der Waals surface area contributed by atoms with E-state index in [4.69, 9.17) is 14.2 Å². The number of rotatable bonds is 17. The van der Waals surface area contributed by atoms with Crippen LogP contribution in [0.1, 0.15) is 57.7 Å². The molecular weight excluding hydrogens is 592 g/mol. The van der Waals surface area contributed by atoms with Crippen LogP contribution in [0.15, 0.2) is 30.3 Å². The lowest BCUT2D eigenvalue weighted by atomic mass is 9.97. The predicted molar refractivity (Wildman–Crippen MR) is 157 cm³/mol. The van der Waals surface area contributed by atoms with Crippen LogP contribution >= 0.6 is 7.60 Å². The van der Waals surface area contributed by atoms with E-state index in [0.717, 1.165) is 4.31 Å². The zero-order valence-corrected chi connectivity index (χ0v) is 26.0. The minimum absolute atomic E-state index is 0.0806. The smallest absolute Gasteiger partial charge is 0.331 e. The maximum Gasteiger partial charge on any atom is 0.331 e. The molecule has 1 aromatic carbocycles. The molecule has 42 heavy (non-hydrogen) atoms. The molecule has 1 aromatic heterocycles. The van der Waals surface area contributed by atoms with Crippen LogP contribution in [0.2, 0.25) is 0 Å². The van der Waals surface area contributed by atoms with Gasteiger partial charge in [-0.05, 0) is 44.0 Å². The molecule has 0 fully saturated rings. The molecule has 0 aliphatic carbocycles. The van der Waals surface area contributed by atoms with Gasteiger partial charge in [0, 0.05) is 24.6 Å². The number of hydrogen-bond donors (Lipinski definition) is 3. The molecule has 15 heteroatoms. The van der Waals surface area contributed by atoms with Gasteiger partial charge in [-0.3, -0.25) is 9.36 Å². The summed E-state index contributed by atoms with van der Waals surface area (Å²) in [5.74, 6) is -2.73. The van der Waals surface area contributed by atoms with Crippen LogP contribution in [0.25, 0.3) is 17.3 Å². The minimum Gasteiger partial charge on any atom is -0.481 e. The summed E-state index contributed by atoms with van der Waals surface area (Å²) in [6.07, 6.45) is -0.788. The monoisotopic (exact) mass is 631 g/mol. The van der Waals surface area contributed by atoms with Gasteiger partial charge in [0.25, 0.3) is 0 Å². The fraction of sp³-hybridized carbons (Fsp3) is 0.519. The van der Waals surface area contributed by atoms with E-state index in [1.54, 1.807) is 13.8 Å². The van der Waals surface area contributed by atoms with Gasteiger partial charge in [0.1, 0.15) is 5.82 Å². The van der Waals surface area contributed by atoms with Crippen LogP contribution < -0.4 is 4.31 Å². The number of carboxylic acid groups (broad SMARTS) is 1. The number of aliphatic hydroxyl groups is 2. The second-order valence-corrected chi connectivity index (χ2v) is 14.0. The van der Waals surface area contributed by atoms with Crippen molar-refractivity contribution in [2.45, 2.75) is 58.7 Å². The van der Waals surface area contributed by atoms with Gasteiger partial charge in [0.2, 0.25) is 16.0 Å². The number of benzene rings is 1. The van der Waals surface area contributed by atoms with Crippen LogP contribution in [-0.4, -0.2) is 84.1 Å². The number of carboxylic acids is 1. The average molecular weight is 632 g/mol. The SMILES string of the molecule is CCOP(=O)(CCS(=O)(=O)N(C)c1nc(-c2ccc(F)cc2)c(/C=C/[C@@H](O)C[C@@H](O)CC(=O)O)c(C(C)C)n1)OCC. The van der Waals surface area contributed by atoms with E-state index in [1.165, 1.54) is 43.5 Å². The van der Waals surface area contributed by atoms with Crippen LogP contribution in [0.3, 0.4) is 0 Å². The maximum atomic E-state index is 13.8. The van der Waals surface area contributed by atoms with E-state index in [1.807, 2.05) is 13.8 Å². The van der Waals surface area contributed by atoms with Gasteiger partial charge < -0.3 is 24.4 Å². The molecule has 0 aliphatic heterocycles. The van der Waals surface area contributed by atoms with Crippen LogP contribution in [0.4, 0.5) is 10.3 Å². The summed E-state index contributed by atoms with van der Waals surface area (Å²) in [6, 6.07) is 5.36. The molecule has 0 saturated heterocycles. The summed E-state index contributed by atoms with van der Waals surface area (Å²) in [5, 5.41) is 29.2. The molecule has 0 radical (unpaired) electrons. The second-order valence-electron chi connectivity index (χ2n) is 9.70. The number of sulfonamides is 1. The first kappa shape index (κ1) is 35.5. The first-order chi connectivity index (χ1) is 19.6. The number of aliphatic carboxylic acids is 1. The molecule has 3 N–H and O–H groups in total. The van der Waals surface area contributed by atoms with Crippen molar-refractivity contribution < 1.29 is 46.5 Å². The number of aromatic nitrogens is 2. The van der Waals surface area contributed by atoms with Crippen molar-refractivity contribution in [1.29, 1.82) is 0 Å². The summed E-state index contributed by atoms with van der Waals surface area (Å²) in [4.78, 5) is 19.9. The molecule has 2 aromatic rings. The third-order valence-electron chi connectivity index (χ3n) is 6.01. The third kappa shape index (κ3) is 10.2. The van der Waals surface area contributed by atoms with Crippen molar-refractivity contribution in [3.8, 4) is 11.3 Å². The molecule has 0 bridgehead atoms. The maximum absolute atomic E-state index is 13.8. The normalized spacial score (nSPS) is 13.9. The summed E-state index contributed by atoms with van der Waals surface area (Å²) in [5.41, 5.74) is 1.50. The summed E-state index contributed by atoms with van der Waals surface area (Å²) in [7, 11) is -6.49. The lowest BCUT2D eigenvalue weighted by Gasteiger charge is -2.23. The highest BCUT2D eigenvalue weighted by Gasteiger charge is 2.31. The van der Waals surface area contributed by atoms with E-state index in [2.05, 4.69) is 9.97 Å². The Morgan fingerprint density at radius 2 is 1.71 bits per heavy atom. The Morgan fingerprint density at radius 3 is 2.24 bits per heavy atom. The van der Waals surface area contributed by atoms with Gasteiger partial charge in [-0.25, -0.2) is 27.1 Å². The Morgan fingerprint density at radius 1 is 1.12 bits per heavy atom. The van der Waals surface area contributed by atoms with E-state index in [9.17, 15) is 32.4 Å². The minimum atomic E-state index is -4.11. The first-order valence-corrected chi connectivity index (χ1v) is 16.7. The molecule has 0 saturated carbocycles. The van der Waals surface area contributed by atoms with Gasteiger partial charge in [-0.2, -0.15) is 0 Å². The highest BCUT2D eigenvalue weighted by Crippen LogP contribution is 2.48. The topological polar surface area (TPSA) is 176 Å². The fourth-order valence-corrected chi connectivity index (χ4v) is 7.49. The quantitative estimate of drug-likeness (QED) is 0.215. The number of anilines is 1. The van der Waals surface area contributed by atoms with Gasteiger partial charge >= 0.3 is 13.6 Å². The zero-order chi connectivity index (χ0) is 31.7. The van der Waals surface area contributed by atoms with Gasteiger partial charge in [-0.1, -0.05) is 26.0 Å². The van der Waals surface area contributed by atoms with Crippen molar-refractivity contribution in [1.82, 2.24) is 9.97 Å². The van der Waals surface area contributed by atoms with E-state index in [0.29, 0.717) is 16.8 Å². The number of hydrogen-bond acceptors (Lipinski definition) is 10. The molecule has 1 heterocycles. The van der Waals surface area contributed by atoms with Gasteiger partial charge in [0.15, 0.2) is 0 Å².